The maximum absolute atomic E-state index is 12.7. The van der Waals surface area contributed by atoms with E-state index >= 15 is 0 Å². The maximum atomic E-state index is 12.7. The molecule has 1 rings (SSSR count). The molecule has 0 heterocycles. The van der Waals surface area contributed by atoms with Crippen molar-refractivity contribution < 1.29 is 9.18 Å². The highest BCUT2D eigenvalue weighted by Gasteiger charge is 2.28. The summed E-state index contributed by atoms with van der Waals surface area (Å²) in [6.07, 6.45) is 5.20. The van der Waals surface area contributed by atoms with E-state index in [1.54, 1.807) is 26.0 Å². The summed E-state index contributed by atoms with van der Waals surface area (Å²) in [6.45, 7) is 3.58. The third-order valence-electron chi connectivity index (χ3n) is 2.53. The summed E-state index contributed by atoms with van der Waals surface area (Å²) in [6, 6.07) is 5.92. The monoisotopic (exact) mass is 204 g/mol. The van der Waals surface area contributed by atoms with E-state index in [9.17, 15) is 9.18 Å². The number of rotatable bonds is 3. The average Bonchev–Trinajstić information content (AvgIpc) is 2.18. The smallest absolute Gasteiger partial charge is 0.154 e. The molecule has 1 nitrogen and oxygen atoms in total. The lowest BCUT2D eigenvalue weighted by Crippen LogP contribution is -2.28. The lowest BCUT2D eigenvalue weighted by atomic mass is 9.79. The van der Waals surface area contributed by atoms with E-state index in [0.29, 0.717) is 0 Å². The normalized spacial score (nSPS) is 10.8. The number of hydrogen-bond acceptors (Lipinski definition) is 1. The van der Waals surface area contributed by atoms with Crippen LogP contribution in [0.4, 0.5) is 4.39 Å². The molecule has 0 fully saturated rings. The summed E-state index contributed by atoms with van der Waals surface area (Å²) in [7, 11) is 0. The number of carbonyl (C=O) groups is 1. The fraction of sp³-hybridized carbons (Fsp3) is 0.308. The minimum atomic E-state index is -0.653. The number of Topliss-reactive ketones (excluding diaryl/α,β-unsaturated/α-hetero) is 1. The van der Waals surface area contributed by atoms with Gasteiger partial charge in [0.25, 0.3) is 0 Å². The van der Waals surface area contributed by atoms with Crippen LogP contribution >= 0.6 is 0 Å². The van der Waals surface area contributed by atoms with Gasteiger partial charge in [-0.15, -0.1) is 6.42 Å². The minimum absolute atomic E-state index is 0.0309. The predicted octanol–water partition coefficient (Wildman–Crippen LogP) is 2.70. The molecule has 0 bridgehead atoms. The molecule has 0 amide bonds. The number of benzene rings is 1. The second kappa shape index (κ2) is 4.27. The first-order valence-electron chi connectivity index (χ1n) is 4.71. The van der Waals surface area contributed by atoms with Crippen LogP contribution in [0.1, 0.15) is 25.8 Å². The highest BCUT2D eigenvalue weighted by molar-refractivity contribution is 5.90. The summed E-state index contributed by atoms with van der Waals surface area (Å²) in [5, 5.41) is 0. The van der Waals surface area contributed by atoms with Crippen molar-refractivity contribution in [1.82, 2.24) is 0 Å². The van der Waals surface area contributed by atoms with Crippen LogP contribution in [0.3, 0.4) is 0 Å². The molecule has 0 aliphatic carbocycles. The van der Waals surface area contributed by atoms with Crippen molar-refractivity contribution in [3.63, 3.8) is 0 Å². The van der Waals surface area contributed by atoms with Crippen LogP contribution in [-0.4, -0.2) is 5.78 Å². The lowest BCUT2D eigenvalue weighted by molar-refractivity contribution is -0.122. The van der Waals surface area contributed by atoms with E-state index in [0.717, 1.165) is 5.56 Å². The Kier molecular flexibility index (Phi) is 3.26. The zero-order valence-corrected chi connectivity index (χ0v) is 8.88. The van der Waals surface area contributed by atoms with Crippen molar-refractivity contribution in [2.45, 2.75) is 25.7 Å². The first-order valence-corrected chi connectivity index (χ1v) is 4.71. The highest BCUT2D eigenvalue weighted by Crippen LogP contribution is 2.25. The van der Waals surface area contributed by atoms with Crippen LogP contribution in [0.15, 0.2) is 24.3 Å². The zero-order valence-electron chi connectivity index (χ0n) is 8.88. The summed E-state index contributed by atoms with van der Waals surface area (Å²) in [4.78, 5) is 11.7. The molecule has 0 atom stereocenters. The molecule has 1 aromatic rings. The molecule has 0 saturated carbocycles. The largest absolute Gasteiger partial charge is 0.298 e. The van der Waals surface area contributed by atoms with Crippen LogP contribution in [0.2, 0.25) is 0 Å². The summed E-state index contributed by atoms with van der Waals surface area (Å²) < 4.78 is 12.7. The van der Waals surface area contributed by atoms with Gasteiger partial charge in [0.05, 0.1) is 6.42 Å². The molecule has 0 saturated heterocycles. The topological polar surface area (TPSA) is 17.1 Å². The molecule has 0 unspecified atom stereocenters. The highest BCUT2D eigenvalue weighted by atomic mass is 19.1. The van der Waals surface area contributed by atoms with Gasteiger partial charge in [-0.3, -0.25) is 4.79 Å². The van der Waals surface area contributed by atoms with Crippen molar-refractivity contribution in [2.24, 2.45) is 0 Å². The van der Waals surface area contributed by atoms with Gasteiger partial charge in [-0.1, -0.05) is 18.1 Å². The van der Waals surface area contributed by atoms with Gasteiger partial charge >= 0.3 is 0 Å². The van der Waals surface area contributed by atoms with Crippen LogP contribution in [0.25, 0.3) is 0 Å². The standard InChI is InChI=1S/C13H13FO/c1-4-5-12(15)13(2,3)10-6-8-11(14)9-7-10/h1,6-9H,5H2,2-3H3. The van der Waals surface area contributed by atoms with Gasteiger partial charge in [-0.05, 0) is 31.5 Å². The van der Waals surface area contributed by atoms with Crippen molar-refractivity contribution >= 4 is 5.78 Å². The van der Waals surface area contributed by atoms with Crippen LogP contribution in [0.5, 0.6) is 0 Å². The fourth-order valence-corrected chi connectivity index (χ4v) is 1.34. The molecule has 2 heteroatoms. The second-order valence-electron chi connectivity index (χ2n) is 3.94. The van der Waals surface area contributed by atoms with Crippen molar-refractivity contribution in [3.05, 3.63) is 35.6 Å². The predicted molar refractivity (Wildman–Crippen MR) is 57.9 cm³/mol. The Hall–Kier alpha value is -1.62. The third-order valence-corrected chi connectivity index (χ3v) is 2.53. The third kappa shape index (κ3) is 2.44. The molecular weight excluding hydrogens is 191 g/mol. The first kappa shape index (κ1) is 11.5. The van der Waals surface area contributed by atoms with E-state index < -0.39 is 5.41 Å². The molecule has 0 aliphatic heterocycles. The Morgan fingerprint density at radius 3 is 2.40 bits per heavy atom. The number of ketones is 1. The lowest BCUT2D eigenvalue weighted by Gasteiger charge is -2.22. The molecule has 15 heavy (non-hydrogen) atoms. The van der Waals surface area contributed by atoms with Crippen LogP contribution in [0, 0.1) is 18.2 Å². The summed E-state index contributed by atoms with van der Waals surface area (Å²) >= 11 is 0. The summed E-state index contributed by atoms with van der Waals surface area (Å²) in [5.41, 5.74) is 0.129. The Morgan fingerprint density at radius 1 is 1.40 bits per heavy atom. The van der Waals surface area contributed by atoms with Gasteiger partial charge in [-0.2, -0.15) is 0 Å². The van der Waals surface area contributed by atoms with Crippen LogP contribution < -0.4 is 0 Å². The summed E-state index contributed by atoms with van der Waals surface area (Å²) in [5.74, 6) is 1.99. The molecule has 1 aromatic carbocycles. The van der Waals surface area contributed by atoms with Gasteiger partial charge in [0.1, 0.15) is 5.82 Å². The Bertz CT molecular complexity index is 396. The van der Waals surface area contributed by atoms with E-state index in [2.05, 4.69) is 5.92 Å². The van der Waals surface area contributed by atoms with Gasteiger partial charge in [-0.25, -0.2) is 4.39 Å². The van der Waals surface area contributed by atoms with Crippen molar-refractivity contribution in [2.75, 3.05) is 0 Å². The van der Waals surface area contributed by atoms with E-state index in [-0.39, 0.29) is 18.0 Å². The van der Waals surface area contributed by atoms with Gasteiger partial charge in [0, 0.05) is 5.41 Å². The molecule has 78 valence electrons. The quantitative estimate of drug-likeness (QED) is 0.692. The SMILES string of the molecule is C#CCC(=O)C(C)(C)c1ccc(F)cc1. The molecule has 0 radical (unpaired) electrons. The van der Waals surface area contributed by atoms with Crippen LogP contribution in [-0.2, 0) is 10.2 Å². The van der Waals surface area contributed by atoms with E-state index in [1.807, 2.05) is 0 Å². The van der Waals surface area contributed by atoms with Gasteiger partial charge in [0.2, 0.25) is 0 Å². The Balaban J connectivity index is 3.01. The maximum Gasteiger partial charge on any atom is 0.154 e. The van der Waals surface area contributed by atoms with Gasteiger partial charge < -0.3 is 0 Å². The average molecular weight is 204 g/mol. The van der Waals surface area contributed by atoms with E-state index in [1.165, 1.54) is 12.1 Å². The number of hydrogen-bond donors (Lipinski definition) is 0. The number of carbonyl (C=O) groups excluding carboxylic acids is 1. The molecule has 0 N–H and O–H groups in total. The van der Waals surface area contributed by atoms with Gasteiger partial charge in [0.15, 0.2) is 5.78 Å². The Morgan fingerprint density at radius 2 is 1.93 bits per heavy atom. The van der Waals surface area contributed by atoms with Crippen molar-refractivity contribution in [1.29, 1.82) is 0 Å². The number of terminal acetylenes is 1. The molecule has 0 aliphatic rings. The van der Waals surface area contributed by atoms with E-state index in [4.69, 9.17) is 6.42 Å². The molecule has 0 aromatic heterocycles. The second-order valence-corrected chi connectivity index (χ2v) is 3.94. The number of halogens is 1. The zero-order chi connectivity index (χ0) is 11.5. The minimum Gasteiger partial charge on any atom is -0.298 e. The Labute approximate surface area is 89.3 Å². The fourth-order valence-electron chi connectivity index (χ4n) is 1.34. The molecule has 0 spiro atoms. The molecular formula is C13H13FO. The van der Waals surface area contributed by atoms with Crippen molar-refractivity contribution in [3.8, 4) is 12.3 Å². The first-order chi connectivity index (χ1) is 6.98.